The minimum Gasteiger partial charge on any atom is -0.378 e. The number of benzene rings is 1. The molecule has 2 aliphatic heterocycles. The normalized spacial score (nSPS) is 27.5. The van der Waals surface area contributed by atoms with Gasteiger partial charge in [0, 0.05) is 31.5 Å². The fourth-order valence-electron chi connectivity index (χ4n) is 4.36. The Labute approximate surface area is 152 Å². The maximum atomic E-state index is 13.1. The Kier molecular flexibility index (Phi) is 5.83. The summed E-state index contributed by atoms with van der Waals surface area (Å²) in [7, 11) is 0. The lowest BCUT2D eigenvalue weighted by Gasteiger charge is -2.43. The number of likely N-dealkylation sites (tertiary alicyclic amines) is 1. The van der Waals surface area contributed by atoms with E-state index in [1.165, 1.54) is 17.5 Å². The van der Waals surface area contributed by atoms with Gasteiger partial charge in [0.15, 0.2) is 0 Å². The predicted octanol–water partition coefficient (Wildman–Crippen LogP) is 4.47. The number of carbonyl (C=O) groups excluding carboxylic acids is 1. The standard InChI is InChI=1S/C22H33NO2/c1-17(2)20-15-22(11-14-25-20,19-9-7-18(3)8-10-19)16-21(24)23-12-5-4-6-13-23/h7-10,17,20H,4-6,11-16H2,1-3H3/t20-,22+/m1/s1. The molecule has 2 fully saturated rings. The van der Waals surface area contributed by atoms with Crippen LogP contribution in [0.4, 0.5) is 0 Å². The molecule has 1 amide bonds. The summed E-state index contributed by atoms with van der Waals surface area (Å²) in [4.78, 5) is 15.2. The van der Waals surface area contributed by atoms with Crippen LogP contribution in [0.1, 0.15) is 63.5 Å². The van der Waals surface area contributed by atoms with Gasteiger partial charge >= 0.3 is 0 Å². The third kappa shape index (κ3) is 4.25. The average molecular weight is 344 g/mol. The molecule has 0 spiro atoms. The average Bonchev–Trinajstić information content (AvgIpc) is 2.63. The Morgan fingerprint density at radius 3 is 2.52 bits per heavy atom. The van der Waals surface area contributed by atoms with Crippen LogP contribution >= 0.6 is 0 Å². The highest BCUT2D eigenvalue weighted by atomic mass is 16.5. The van der Waals surface area contributed by atoms with Gasteiger partial charge in [0.1, 0.15) is 0 Å². The SMILES string of the molecule is Cc1ccc([C@@]2(CC(=O)N3CCCCC3)CCO[C@@H](C(C)C)C2)cc1. The number of hydrogen-bond acceptors (Lipinski definition) is 2. The second-order valence-electron chi connectivity index (χ2n) is 8.37. The van der Waals surface area contributed by atoms with Crippen molar-refractivity contribution in [3.05, 3.63) is 35.4 Å². The third-order valence-corrected chi connectivity index (χ3v) is 6.11. The summed E-state index contributed by atoms with van der Waals surface area (Å²) in [5.41, 5.74) is 2.52. The fourth-order valence-corrected chi connectivity index (χ4v) is 4.36. The molecule has 2 saturated heterocycles. The lowest BCUT2D eigenvalue weighted by Crippen LogP contribution is -2.46. The molecule has 0 radical (unpaired) electrons. The summed E-state index contributed by atoms with van der Waals surface area (Å²) in [5.74, 6) is 0.819. The summed E-state index contributed by atoms with van der Waals surface area (Å²) in [6.45, 7) is 9.20. The van der Waals surface area contributed by atoms with Crippen molar-refractivity contribution in [2.75, 3.05) is 19.7 Å². The zero-order valence-corrected chi connectivity index (χ0v) is 16.1. The van der Waals surface area contributed by atoms with E-state index in [0.29, 0.717) is 18.2 Å². The van der Waals surface area contributed by atoms with E-state index >= 15 is 0 Å². The first-order valence-electron chi connectivity index (χ1n) is 9.97. The number of piperidine rings is 1. The molecule has 2 heterocycles. The number of rotatable bonds is 4. The summed E-state index contributed by atoms with van der Waals surface area (Å²) in [6.07, 6.45) is 6.33. The number of aryl methyl sites for hydroxylation is 1. The molecule has 0 aromatic heterocycles. The van der Waals surface area contributed by atoms with Gasteiger partial charge in [0.25, 0.3) is 0 Å². The topological polar surface area (TPSA) is 29.5 Å². The largest absolute Gasteiger partial charge is 0.378 e. The van der Waals surface area contributed by atoms with Crippen LogP contribution in [0.5, 0.6) is 0 Å². The minimum absolute atomic E-state index is 0.0740. The summed E-state index contributed by atoms with van der Waals surface area (Å²) < 4.78 is 6.04. The first-order valence-corrected chi connectivity index (χ1v) is 9.97. The second-order valence-corrected chi connectivity index (χ2v) is 8.37. The van der Waals surface area contributed by atoms with Crippen molar-refractivity contribution < 1.29 is 9.53 Å². The zero-order valence-electron chi connectivity index (χ0n) is 16.1. The van der Waals surface area contributed by atoms with E-state index in [1.807, 2.05) is 0 Å². The van der Waals surface area contributed by atoms with Gasteiger partial charge < -0.3 is 9.64 Å². The van der Waals surface area contributed by atoms with Gasteiger partial charge in [0.05, 0.1) is 6.10 Å². The summed E-state index contributed by atoms with van der Waals surface area (Å²) in [5, 5.41) is 0. The molecule has 3 nitrogen and oxygen atoms in total. The molecule has 1 aromatic carbocycles. The van der Waals surface area contributed by atoms with Crippen molar-refractivity contribution in [2.24, 2.45) is 5.92 Å². The van der Waals surface area contributed by atoms with E-state index < -0.39 is 0 Å². The van der Waals surface area contributed by atoms with E-state index in [2.05, 4.69) is 49.9 Å². The van der Waals surface area contributed by atoms with Gasteiger partial charge in [-0.3, -0.25) is 4.79 Å². The summed E-state index contributed by atoms with van der Waals surface area (Å²) >= 11 is 0. The second kappa shape index (κ2) is 7.90. The molecule has 3 heteroatoms. The molecule has 3 rings (SSSR count). The molecule has 2 atom stereocenters. The van der Waals surface area contributed by atoms with Crippen LogP contribution < -0.4 is 0 Å². The molecule has 0 saturated carbocycles. The highest BCUT2D eigenvalue weighted by Crippen LogP contribution is 2.42. The third-order valence-electron chi connectivity index (χ3n) is 6.11. The van der Waals surface area contributed by atoms with Crippen LogP contribution in [0.2, 0.25) is 0 Å². The van der Waals surface area contributed by atoms with Crippen LogP contribution in [-0.2, 0) is 14.9 Å². The molecule has 0 bridgehead atoms. The van der Waals surface area contributed by atoms with Crippen LogP contribution in [0, 0.1) is 12.8 Å². The lowest BCUT2D eigenvalue weighted by molar-refractivity contribution is -0.135. The van der Waals surface area contributed by atoms with Gasteiger partial charge in [-0.05, 0) is 50.5 Å². The van der Waals surface area contributed by atoms with Crippen molar-refractivity contribution in [1.29, 1.82) is 0 Å². The van der Waals surface area contributed by atoms with Crippen LogP contribution in [0.15, 0.2) is 24.3 Å². The highest BCUT2D eigenvalue weighted by Gasteiger charge is 2.42. The first kappa shape index (κ1) is 18.4. The number of nitrogens with zero attached hydrogens (tertiary/aromatic N) is 1. The maximum Gasteiger partial charge on any atom is 0.223 e. The predicted molar refractivity (Wildman–Crippen MR) is 102 cm³/mol. The number of carbonyl (C=O) groups is 1. The number of ether oxygens (including phenoxy) is 1. The van der Waals surface area contributed by atoms with E-state index in [1.54, 1.807) is 0 Å². The van der Waals surface area contributed by atoms with Crippen molar-refractivity contribution >= 4 is 5.91 Å². The molecule has 2 aliphatic rings. The van der Waals surface area contributed by atoms with Gasteiger partial charge in [0.2, 0.25) is 5.91 Å². The van der Waals surface area contributed by atoms with Gasteiger partial charge in [-0.1, -0.05) is 43.7 Å². The number of hydrogen-bond donors (Lipinski definition) is 0. The van der Waals surface area contributed by atoms with Crippen molar-refractivity contribution in [2.45, 2.75) is 70.8 Å². The van der Waals surface area contributed by atoms with Crippen LogP contribution in [0.3, 0.4) is 0 Å². The van der Waals surface area contributed by atoms with Gasteiger partial charge in [-0.15, -0.1) is 0 Å². The molecular formula is C22H33NO2. The molecule has 0 unspecified atom stereocenters. The zero-order chi connectivity index (χ0) is 17.9. The van der Waals surface area contributed by atoms with E-state index in [4.69, 9.17) is 4.74 Å². The monoisotopic (exact) mass is 343 g/mol. The Morgan fingerprint density at radius 1 is 1.20 bits per heavy atom. The quantitative estimate of drug-likeness (QED) is 0.807. The molecule has 0 aliphatic carbocycles. The van der Waals surface area contributed by atoms with Crippen molar-refractivity contribution in [3.8, 4) is 0 Å². The maximum absolute atomic E-state index is 13.1. The van der Waals surface area contributed by atoms with Crippen LogP contribution in [0.25, 0.3) is 0 Å². The number of amides is 1. The Balaban J connectivity index is 1.85. The van der Waals surface area contributed by atoms with Crippen molar-refractivity contribution in [3.63, 3.8) is 0 Å². The molecular weight excluding hydrogens is 310 g/mol. The van der Waals surface area contributed by atoms with E-state index in [9.17, 15) is 4.79 Å². The van der Waals surface area contributed by atoms with Gasteiger partial charge in [-0.2, -0.15) is 0 Å². The fraction of sp³-hybridized carbons (Fsp3) is 0.682. The molecule has 0 N–H and O–H groups in total. The Hall–Kier alpha value is -1.35. The van der Waals surface area contributed by atoms with E-state index in [-0.39, 0.29) is 11.5 Å². The first-order chi connectivity index (χ1) is 12.0. The van der Waals surface area contributed by atoms with Crippen molar-refractivity contribution in [1.82, 2.24) is 4.90 Å². The molecule has 25 heavy (non-hydrogen) atoms. The summed E-state index contributed by atoms with van der Waals surface area (Å²) in [6, 6.07) is 8.84. The lowest BCUT2D eigenvalue weighted by atomic mass is 9.68. The minimum atomic E-state index is -0.0740. The Bertz CT molecular complexity index is 574. The van der Waals surface area contributed by atoms with Gasteiger partial charge in [-0.25, -0.2) is 0 Å². The highest BCUT2D eigenvalue weighted by molar-refractivity contribution is 5.78. The molecule has 1 aromatic rings. The smallest absolute Gasteiger partial charge is 0.223 e. The Morgan fingerprint density at radius 2 is 1.88 bits per heavy atom. The van der Waals surface area contributed by atoms with Crippen LogP contribution in [-0.4, -0.2) is 36.6 Å². The van der Waals surface area contributed by atoms with E-state index in [0.717, 1.165) is 45.4 Å². The molecule has 138 valence electrons.